The van der Waals surface area contributed by atoms with Crippen LogP contribution in [0.4, 0.5) is 0 Å². The number of nitrogens with zero attached hydrogens (tertiary/aromatic N) is 3. The quantitative estimate of drug-likeness (QED) is 0.452. The van der Waals surface area contributed by atoms with Crippen molar-refractivity contribution in [3.63, 3.8) is 0 Å². The number of hydrogen-bond donors (Lipinski definition) is 1. The summed E-state index contributed by atoms with van der Waals surface area (Å²) < 4.78 is 7.48. The third kappa shape index (κ3) is 6.16. The Kier molecular flexibility index (Phi) is 8.85. The first kappa shape index (κ1) is 19.3. The molecule has 0 atom stereocenters. The minimum absolute atomic E-state index is 0. The fraction of sp³-hybridized carbons (Fsp3) is 0.688. The van der Waals surface area contributed by atoms with Gasteiger partial charge in [-0.1, -0.05) is 0 Å². The van der Waals surface area contributed by atoms with E-state index in [2.05, 4.69) is 45.3 Å². The van der Waals surface area contributed by atoms with E-state index in [1.54, 1.807) is 0 Å². The highest BCUT2D eigenvalue weighted by Gasteiger charge is 2.15. The second-order valence-electron chi connectivity index (χ2n) is 5.85. The van der Waals surface area contributed by atoms with Crippen molar-refractivity contribution in [2.75, 3.05) is 33.9 Å². The first-order valence-corrected chi connectivity index (χ1v) is 7.79. The average Bonchev–Trinajstić information content (AvgIpc) is 2.92. The number of aromatic nitrogens is 1. The molecule has 2 rings (SSSR count). The van der Waals surface area contributed by atoms with Gasteiger partial charge in [0, 0.05) is 59.8 Å². The van der Waals surface area contributed by atoms with Crippen LogP contribution in [0, 0.1) is 5.92 Å². The molecule has 1 aliphatic rings. The summed E-state index contributed by atoms with van der Waals surface area (Å²) in [4.78, 5) is 6.59. The number of nitrogens with one attached hydrogen (secondary N) is 1. The summed E-state index contributed by atoms with van der Waals surface area (Å²) in [6.07, 6.45) is 7.80. The molecular weight excluding hydrogens is 391 g/mol. The molecule has 1 N–H and O–H groups in total. The minimum atomic E-state index is 0. The molecule has 1 aliphatic heterocycles. The second-order valence-corrected chi connectivity index (χ2v) is 5.85. The van der Waals surface area contributed by atoms with E-state index in [4.69, 9.17) is 4.74 Å². The average molecular weight is 420 g/mol. The first-order chi connectivity index (χ1) is 10.2. The van der Waals surface area contributed by atoms with Crippen LogP contribution in [0.25, 0.3) is 0 Å². The van der Waals surface area contributed by atoms with Gasteiger partial charge in [-0.05, 0) is 36.8 Å². The standard InChI is InChI=1S/C16H28N4O.HI/c1-17-16(18-12-15-4-8-19(2)13-15)20(3)9-5-14-6-10-21-11-7-14;/h4,8,13-14H,5-7,9-12H2,1-3H3,(H,17,18);1H. The van der Waals surface area contributed by atoms with Crippen LogP contribution in [0.3, 0.4) is 0 Å². The minimum Gasteiger partial charge on any atom is -0.381 e. The third-order valence-corrected chi connectivity index (χ3v) is 4.13. The van der Waals surface area contributed by atoms with Crippen molar-refractivity contribution >= 4 is 29.9 Å². The smallest absolute Gasteiger partial charge is 0.193 e. The maximum Gasteiger partial charge on any atom is 0.193 e. The molecule has 1 fully saturated rings. The molecule has 126 valence electrons. The van der Waals surface area contributed by atoms with Gasteiger partial charge in [0.1, 0.15) is 0 Å². The number of aryl methyl sites for hydroxylation is 1. The van der Waals surface area contributed by atoms with E-state index in [9.17, 15) is 0 Å². The van der Waals surface area contributed by atoms with Crippen LogP contribution in [0.1, 0.15) is 24.8 Å². The van der Waals surface area contributed by atoms with Crippen LogP contribution in [0.15, 0.2) is 23.5 Å². The second kappa shape index (κ2) is 10.1. The summed E-state index contributed by atoms with van der Waals surface area (Å²) in [5.41, 5.74) is 1.27. The summed E-state index contributed by atoms with van der Waals surface area (Å²) >= 11 is 0. The Bertz CT molecular complexity index is 455. The topological polar surface area (TPSA) is 41.8 Å². The number of halogens is 1. The van der Waals surface area contributed by atoms with Gasteiger partial charge in [-0.3, -0.25) is 4.99 Å². The number of ether oxygens (including phenoxy) is 1. The Morgan fingerprint density at radius 3 is 2.77 bits per heavy atom. The largest absolute Gasteiger partial charge is 0.381 e. The molecule has 1 aromatic rings. The van der Waals surface area contributed by atoms with Crippen molar-refractivity contribution in [2.45, 2.75) is 25.8 Å². The number of rotatable bonds is 5. The van der Waals surface area contributed by atoms with Gasteiger partial charge in [0.25, 0.3) is 0 Å². The highest BCUT2D eigenvalue weighted by Crippen LogP contribution is 2.18. The first-order valence-electron chi connectivity index (χ1n) is 7.79. The molecule has 0 amide bonds. The van der Waals surface area contributed by atoms with Crippen molar-refractivity contribution in [1.82, 2.24) is 14.8 Å². The predicted molar refractivity (Wildman–Crippen MR) is 102 cm³/mol. The van der Waals surface area contributed by atoms with E-state index < -0.39 is 0 Å². The Balaban J connectivity index is 0.00000242. The lowest BCUT2D eigenvalue weighted by atomic mass is 9.96. The number of hydrogen-bond acceptors (Lipinski definition) is 2. The maximum absolute atomic E-state index is 5.41. The van der Waals surface area contributed by atoms with Crippen LogP contribution in [0.2, 0.25) is 0 Å². The van der Waals surface area contributed by atoms with Gasteiger partial charge in [-0.2, -0.15) is 0 Å². The highest BCUT2D eigenvalue weighted by atomic mass is 127. The normalized spacial score (nSPS) is 16.2. The Morgan fingerprint density at radius 2 is 2.18 bits per heavy atom. The van der Waals surface area contributed by atoms with Gasteiger partial charge >= 0.3 is 0 Å². The summed E-state index contributed by atoms with van der Waals surface area (Å²) in [5.74, 6) is 1.76. The molecule has 0 aliphatic carbocycles. The van der Waals surface area contributed by atoms with E-state index in [0.717, 1.165) is 38.2 Å². The van der Waals surface area contributed by atoms with Crippen LogP contribution in [-0.2, 0) is 18.3 Å². The molecule has 0 radical (unpaired) electrons. The van der Waals surface area contributed by atoms with Crippen molar-refractivity contribution < 1.29 is 4.74 Å². The predicted octanol–water partition coefficient (Wildman–Crippen LogP) is 2.47. The molecule has 6 heteroatoms. The Morgan fingerprint density at radius 1 is 1.45 bits per heavy atom. The van der Waals surface area contributed by atoms with Crippen LogP contribution in [0.5, 0.6) is 0 Å². The molecule has 0 bridgehead atoms. The van der Waals surface area contributed by atoms with Gasteiger partial charge in [0.05, 0.1) is 0 Å². The monoisotopic (exact) mass is 420 g/mol. The Labute approximate surface area is 151 Å². The lowest BCUT2D eigenvalue weighted by Crippen LogP contribution is -2.39. The lowest BCUT2D eigenvalue weighted by molar-refractivity contribution is 0.0625. The SMILES string of the molecule is CN=C(NCc1ccn(C)c1)N(C)CCC1CCOCC1.I. The van der Waals surface area contributed by atoms with Crippen LogP contribution >= 0.6 is 24.0 Å². The van der Waals surface area contributed by atoms with E-state index in [1.165, 1.54) is 24.8 Å². The van der Waals surface area contributed by atoms with Crippen molar-refractivity contribution in [2.24, 2.45) is 18.0 Å². The van der Waals surface area contributed by atoms with E-state index in [1.807, 2.05) is 14.1 Å². The van der Waals surface area contributed by atoms with Gasteiger partial charge < -0.3 is 19.5 Å². The molecule has 1 aromatic heterocycles. The zero-order valence-corrected chi connectivity index (χ0v) is 16.2. The van der Waals surface area contributed by atoms with Crippen molar-refractivity contribution in [1.29, 1.82) is 0 Å². The lowest BCUT2D eigenvalue weighted by Gasteiger charge is -2.26. The fourth-order valence-electron chi connectivity index (χ4n) is 2.75. The molecule has 22 heavy (non-hydrogen) atoms. The van der Waals surface area contributed by atoms with Crippen molar-refractivity contribution in [3.8, 4) is 0 Å². The van der Waals surface area contributed by atoms with Crippen molar-refractivity contribution in [3.05, 3.63) is 24.0 Å². The molecule has 5 nitrogen and oxygen atoms in total. The van der Waals surface area contributed by atoms with Crippen LogP contribution < -0.4 is 5.32 Å². The fourth-order valence-corrected chi connectivity index (χ4v) is 2.75. The molecule has 0 unspecified atom stereocenters. The van der Waals surface area contributed by atoms with E-state index >= 15 is 0 Å². The number of aliphatic imine (C=N–C) groups is 1. The summed E-state index contributed by atoms with van der Waals surface area (Å²) in [7, 11) is 6.00. The number of guanidine groups is 1. The third-order valence-electron chi connectivity index (χ3n) is 4.13. The Hall–Kier alpha value is -0.760. The zero-order valence-electron chi connectivity index (χ0n) is 13.9. The summed E-state index contributed by atoms with van der Waals surface area (Å²) in [5, 5.41) is 3.42. The van der Waals surface area contributed by atoms with Gasteiger partial charge in [-0.15, -0.1) is 24.0 Å². The molecule has 0 saturated carbocycles. The van der Waals surface area contributed by atoms with Crippen LogP contribution in [-0.4, -0.2) is 49.3 Å². The van der Waals surface area contributed by atoms with Gasteiger partial charge in [0.15, 0.2) is 5.96 Å². The molecule has 1 saturated heterocycles. The zero-order chi connectivity index (χ0) is 15.1. The maximum atomic E-state index is 5.41. The molecule has 0 spiro atoms. The summed E-state index contributed by atoms with van der Waals surface area (Å²) in [6, 6.07) is 2.13. The van der Waals surface area contributed by atoms with Gasteiger partial charge in [0.2, 0.25) is 0 Å². The van der Waals surface area contributed by atoms with E-state index in [0.29, 0.717) is 0 Å². The highest BCUT2D eigenvalue weighted by molar-refractivity contribution is 14.0. The van der Waals surface area contributed by atoms with E-state index in [-0.39, 0.29) is 24.0 Å². The molecule has 0 aromatic carbocycles. The molecular formula is C16H29IN4O. The molecule has 2 heterocycles. The van der Waals surface area contributed by atoms with Gasteiger partial charge in [-0.25, -0.2) is 0 Å². The summed E-state index contributed by atoms with van der Waals surface area (Å²) in [6.45, 7) is 3.71.